The maximum absolute atomic E-state index is 11.2. The number of nitrogens with zero attached hydrogens (tertiary/aromatic N) is 1. The van der Waals surface area contributed by atoms with Gasteiger partial charge in [-0.25, -0.2) is 0 Å². The lowest BCUT2D eigenvalue weighted by molar-refractivity contribution is -0.383. The Hall–Kier alpha value is -1.76. The molecule has 6 nitrogen and oxygen atoms in total. The first-order valence-corrected chi connectivity index (χ1v) is 8.09. The molecular weight excluding hydrogens is 290 g/mol. The summed E-state index contributed by atoms with van der Waals surface area (Å²) in [6.07, 6.45) is 2.30. The van der Waals surface area contributed by atoms with Crippen LogP contribution in [0.3, 0.4) is 0 Å². The van der Waals surface area contributed by atoms with Crippen LogP contribution >= 0.6 is 11.8 Å². The van der Waals surface area contributed by atoms with Crippen LogP contribution in [-0.2, 0) is 4.79 Å². The van der Waals surface area contributed by atoms with E-state index in [-0.39, 0.29) is 11.6 Å². The summed E-state index contributed by atoms with van der Waals surface area (Å²) >= 11 is 1.96. The summed E-state index contributed by atoms with van der Waals surface area (Å²) in [6.45, 7) is 2.12. The van der Waals surface area contributed by atoms with Gasteiger partial charge in [0.05, 0.1) is 4.92 Å². The Balaban J connectivity index is 2.06. The molecule has 0 spiro atoms. The number of benzene rings is 1. The molecule has 0 saturated carbocycles. The zero-order valence-corrected chi connectivity index (χ0v) is 12.7. The number of thioether (sulfide) groups is 1. The molecule has 1 fully saturated rings. The Morgan fingerprint density at radius 3 is 2.76 bits per heavy atom. The number of hydrogen-bond acceptors (Lipinski definition) is 5. The van der Waals surface area contributed by atoms with Gasteiger partial charge in [-0.2, -0.15) is 11.8 Å². The SMILES string of the molecule is CC(=O)Nc1ccc(NCC2CCSCC2)c([N+](=O)[O-])c1. The maximum Gasteiger partial charge on any atom is 0.294 e. The first kappa shape index (κ1) is 15.6. The molecule has 0 radical (unpaired) electrons. The van der Waals surface area contributed by atoms with Crippen LogP contribution in [0.5, 0.6) is 0 Å². The highest BCUT2D eigenvalue weighted by molar-refractivity contribution is 7.99. The second kappa shape index (κ2) is 7.31. The predicted octanol–water partition coefficient (Wildman–Crippen LogP) is 3.11. The average molecular weight is 309 g/mol. The van der Waals surface area contributed by atoms with Crippen molar-refractivity contribution in [2.45, 2.75) is 19.8 Å². The molecule has 2 rings (SSSR count). The fourth-order valence-corrected chi connectivity index (χ4v) is 3.52. The van der Waals surface area contributed by atoms with Gasteiger partial charge in [0.15, 0.2) is 0 Å². The van der Waals surface area contributed by atoms with Gasteiger partial charge in [0.2, 0.25) is 5.91 Å². The summed E-state index contributed by atoms with van der Waals surface area (Å²) in [5.41, 5.74) is 0.938. The Morgan fingerprint density at radius 2 is 2.14 bits per heavy atom. The molecule has 0 aliphatic carbocycles. The molecule has 21 heavy (non-hydrogen) atoms. The van der Waals surface area contributed by atoms with E-state index in [0.29, 0.717) is 17.3 Å². The lowest BCUT2D eigenvalue weighted by atomic mass is 10.0. The number of nitro benzene ring substituents is 1. The van der Waals surface area contributed by atoms with E-state index in [9.17, 15) is 14.9 Å². The molecule has 0 unspecified atom stereocenters. The van der Waals surface area contributed by atoms with Gasteiger partial charge in [0, 0.05) is 25.2 Å². The highest BCUT2D eigenvalue weighted by Gasteiger charge is 2.18. The van der Waals surface area contributed by atoms with Crippen molar-refractivity contribution in [3.63, 3.8) is 0 Å². The van der Waals surface area contributed by atoms with Crippen LogP contribution in [0, 0.1) is 16.0 Å². The summed E-state index contributed by atoms with van der Waals surface area (Å²) in [5, 5.41) is 16.9. The van der Waals surface area contributed by atoms with E-state index in [1.165, 1.54) is 13.0 Å². The molecule has 1 amide bonds. The molecular formula is C14H19N3O3S. The minimum Gasteiger partial charge on any atom is -0.379 e. The summed E-state index contributed by atoms with van der Waals surface area (Å²) in [4.78, 5) is 21.7. The monoisotopic (exact) mass is 309 g/mol. The Morgan fingerprint density at radius 1 is 1.43 bits per heavy atom. The zero-order valence-electron chi connectivity index (χ0n) is 11.9. The highest BCUT2D eigenvalue weighted by Crippen LogP contribution is 2.29. The standard InChI is InChI=1S/C14H19N3O3S/c1-10(18)16-12-2-3-13(14(8-12)17(19)20)15-9-11-4-6-21-7-5-11/h2-3,8,11,15H,4-7,9H2,1H3,(H,16,18). The third-order valence-electron chi connectivity index (χ3n) is 3.44. The fraction of sp³-hybridized carbons (Fsp3) is 0.500. The summed E-state index contributed by atoms with van der Waals surface area (Å²) < 4.78 is 0. The molecule has 114 valence electrons. The smallest absolute Gasteiger partial charge is 0.294 e. The van der Waals surface area contributed by atoms with Crippen LogP contribution in [0.2, 0.25) is 0 Å². The van der Waals surface area contributed by atoms with Crippen molar-refractivity contribution in [1.29, 1.82) is 0 Å². The van der Waals surface area contributed by atoms with Gasteiger partial charge in [-0.1, -0.05) is 0 Å². The van der Waals surface area contributed by atoms with Crippen LogP contribution < -0.4 is 10.6 Å². The molecule has 0 bridgehead atoms. The maximum atomic E-state index is 11.2. The van der Waals surface area contributed by atoms with Crippen molar-refractivity contribution in [3.05, 3.63) is 28.3 Å². The van der Waals surface area contributed by atoms with Gasteiger partial charge >= 0.3 is 0 Å². The van der Waals surface area contributed by atoms with E-state index >= 15 is 0 Å². The number of hydrogen-bond donors (Lipinski definition) is 2. The van der Waals surface area contributed by atoms with Crippen molar-refractivity contribution in [1.82, 2.24) is 0 Å². The summed E-state index contributed by atoms with van der Waals surface area (Å²) in [7, 11) is 0. The van der Waals surface area contributed by atoms with Gasteiger partial charge in [-0.05, 0) is 42.4 Å². The van der Waals surface area contributed by atoms with Crippen molar-refractivity contribution in [2.75, 3.05) is 28.7 Å². The van der Waals surface area contributed by atoms with Crippen LogP contribution in [0.1, 0.15) is 19.8 Å². The number of nitrogens with one attached hydrogen (secondary N) is 2. The summed E-state index contributed by atoms with van der Waals surface area (Å²) in [6, 6.07) is 4.72. The normalized spacial score (nSPS) is 15.5. The first-order valence-electron chi connectivity index (χ1n) is 6.94. The number of carbonyl (C=O) groups is 1. The van der Waals surface area contributed by atoms with Crippen molar-refractivity contribution in [3.8, 4) is 0 Å². The van der Waals surface area contributed by atoms with Crippen LogP contribution in [0.15, 0.2) is 18.2 Å². The molecule has 1 aliphatic rings. The minimum absolute atomic E-state index is 0.00793. The van der Waals surface area contributed by atoms with Gasteiger partial charge in [-0.3, -0.25) is 14.9 Å². The molecule has 1 heterocycles. The zero-order chi connectivity index (χ0) is 15.2. The lowest BCUT2D eigenvalue weighted by Gasteiger charge is -2.22. The molecule has 2 N–H and O–H groups in total. The van der Waals surface area contributed by atoms with E-state index < -0.39 is 4.92 Å². The number of nitro groups is 1. The largest absolute Gasteiger partial charge is 0.379 e. The number of amides is 1. The van der Waals surface area contributed by atoms with Gasteiger partial charge < -0.3 is 10.6 Å². The first-order chi connectivity index (χ1) is 10.1. The molecule has 0 aromatic heterocycles. The number of carbonyl (C=O) groups excluding carboxylic acids is 1. The molecule has 1 aromatic carbocycles. The Bertz CT molecular complexity index is 530. The minimum atomic E-state index is -0.426. The van der Waals surface area contributed by atoms with E-state index in [1.807, 2.05) is 11.8 Å². The van der Waals surface area contributed by atoms with Crippen LogP contribution in [0.25, 0.3) is 0 Å². The third-order valence-corrected chi connectivity index (χ3v) is 4.49. The number of anilines is 2. The topological polar surface area (TPSA) is 84.3 Å². The molecule has 1 aliphatic heterocycles. The van der Waals surface area contributed by atoms with E-state index in [2.05, 4.69) is 10.6 Å². The van der Waals surface area contributed by atoms with E-state index in [1.54, 1.807) is 12.1 Å². The quantitative estimate of drug-likeness (QED) is 0.645. The molecule has 0 atom stereocenters. The lowest BCUT2D eigenvalue weighted by Crippen LogP contribution is -2.19. The third kappa shape index (κ3) is 4.63. The van der Waals surface area contributed by atoms with Crippen molar-refractivity contribution < 1.29 is 9.72 Å². The number of rotatable bonds is 5. The molecule has 7 heteroatoms. The predicted molar refractivity (Wildman–Crippen MR) is 85.9 cm³/mol. The van der Waals surface area contributed by atoms with Gasteiger partial charge in [0.1, 0.15) is 5.69 Å². The Labute approximate surface area is 127 Å². The fourth-order valence-electron chi connectivity index (χ4n) is 2.32. The van der Waals surface area contributed by atoms with E-state index in [4.69, 9.17) is 0 Å². The van der Waals surface area contributed by atoms with Crippen molar-refractivity contribution >= 4 is 34.7 Å². The van der Waals surface area contributed by atoms with Gasteiger partial charge in [-0.15, -0.1) is 0 Å². The van der Waals surface area contributed by atoms with E-state index in [0.717, 1.165) is 30.9 Å². The van der Waals surface area contributed by atoms with Gasteiger partial charge in [0.25, 0.3) is 5.69 Å². The summed E-state index contributed by atoms with van der Waals surface area (Å²) in [5.74, 6) is 2.65. The van der Waals surface area contributed by atoms with Crippen LogP contribution in [0.4, 0.5) is 17.1 Å². The highest BCUT2D eigenvalue weighted by atomic mass is 32.2. The van der Waals surface area contributed by atoms with Crippen LogP contribution in [-0.4, -0.2) is 28.9 Å². The molecule has 1 aromatic rings. The molecule has 1 saturated heterocycles. The van der Waals surface area contributed by atoms with Crippen molar-refractivity contribution in [2.24, 2.45) is 5.92 Å². The average Bonchev–Trinajstić information content (AvgIpc) is 2.46. The second-order valence-electron chi connectivity index (χ2n) is 5.11. The Kier molecular flexibility index (Phi) is 5.44. The second-order valence-corrected chi connectivity index (χ2v) is 6.33.